The fraction of sp³-hybridized carbons (Fsp3) is 0.400. The molecule has 2 amide bonds. The van der Waals surface area contributed by atoms with Gasteiger partial charge in [0.25, 0.3) is 5.91 Å². The summed E-state index contributed by atoms with van der Waals surface area (Å²) in [5.41, 5.74) is 0.460. The van der Waals surface area contributed by atoms with Gasteiger partial charge in [-0.15, -0.1) is 0 Å². The molecule has 0 unspecified atom stereocenters. The molecule has 1 aromatic carbocycles. The van der Waals surface area contributed by atoms with Gasteiger partial charge in [0.15, 0.2) is 6.61 Å². The van der Waals surface area contributed by atoms with Crippen molar-refractivity contribution < 1.29 is 23.5 Å². The molecule has 0 spiro atoms. The summed E-state index contributed by atoms with van der Waals surface area (Å²) in [4.78, 5) is 34.2. The Labute approximate surface area is 128 Å². The lowest BCUT2D eigenvalue weighted by molar-refractivity contribution is -0.147. The number of ether oxygens (including phenoxy) is 1. The highest BCUT2D eigenvalue weighted by Crippen LogP contribution is 2.04. The number of carbonyl (C=O) groups excluding carboxylic acids is 3. The lowest BCUT2D eigenvalue weighted by Gasteiger charge is -2.09. The van der Waals surface area contributed by atoms with Gasteiger partial charge in [-0.3, -0.25) is 14.4 Å². The second-order valence-electron chi connectivity index (χ2n) is 4.97. The predicted octanol–water partition coefficient (Wildman–Crippen LogP) is 0.552. The third kappa shape index (κ3) is 7.37. The van der Waals surface area contributed by atoms with Crippen LogP contribution in [0.5, 0.6) is 0 Å². The maximum Gasteiger partial charge on any atom is 0.310 e. The average Bonchev–Trinajstić information content (AvgIpc) is 2.42. The van der Waals surface area contributed by atoms with Gasteiger partial charge in [0.05, 0.1) is 13.0 Å². The first-order valence-electron chi connectivity index (χ1n) is 6.83. The third-order valence-electron chi connectivity index (χ3n) is 2.50. The number of hydrogen-bond donors (Lipinski definition) is 2. The number of rotatable bonds is 7. The van der Waals surface area contributed by atoms with E-state index in [4.69, 9.17) is 4.74 Å². The molecule has 0 radical (unpaired) electrons. The van der Waals surface area contributed by atoms with E-state index >= 15 is 0 Å². The maximum atomic E-state index is 12.9. The normalized spacial score (nSPS) is 10.2. The molecule has 0 aliphatic carbocycles. The van der Waals surface area contributed by atoms with Gasteiger partial charge >= 0.3 is 5.97 Å². The van der Waals surface area contributed by atoms with Crippen molar-refractivity contribution in [3.63, 3.8) is 0 Å². The molecule has 0 atom stereocenters. The zero-order chi connectivity index (χ0) is 16.5. The van der Waals surface area contributed by atoms with Gasteiger partial charge in [-0.2, -0.15) is 0 Å². The van der Waals surface area contributed by atoms with E-state index in [0.717, 1.165) is 0 Å². The lowest BCUT2D eigenvalue weighted by atomic mass is 10.1. The number of halogens is 1. The molecule has 7 heteroatoms. The molecule has 6 nitrogen and oxygen atoms in total. The SMILES string of the molecule is CC(C)NC(=O)CNC(=O)COC(=O)Cc1cccc(F)c1. The van der Waals surface area contributed by atoms with Crippen LogP contribution in [0.2, 0.25) is 0 Å². The van der Waals surface area contributed by atoms with Crippen molar-refractivity contribution in [2.24, 2.45) is 0 Å². The third-order valence-corrected chi connectivity index (χ3v) is 2.50. The van der Waals surface area contributed by atoms with Crippen LogP contribution in [0.1, 0.15) is 19.4 Å². The quantitative estimate of drug-likeness (QED) is 0.720. The Bertz CT molecular complexity index is 546. The van der Waals surface area contributed by atoms with Gasteiger partial charge in [-0.25, -0.2) is 4.39 Å². The highest BCUT2D eigenvalue weighted by Gasteiger charge is 2.10. The molecule has 0 fully saturated rings. The largest absolute Gasteiger partial charge is 0.455 e. The summed E-state index contributed by atoms with van der Waals surface area (Å²) in [6.45, 7) is 2.93. The highest BCUT2D eigenvalue weighted by atomic mass is 19.1. The minimum atomic E-state index is -0.646. The van der Waals surface area contributed by atoms with E-state index in [2.05, 4.69) is 10.6 Å². The Balaban J connectivity index is 2.26. The number of nitrogens with one attached hydrogen (secondary N) is 2. The molecular formula is C15H19FN2O4. The minimum Gasteiger partial charge on any atom is -0.455 e. The molecule has 1 aromatic rings. The summed E-state index contributed by atoms with van der Waals surface area (Å²) >= 11 is 0. The van der Waals surface area contributed by atoms with E-state index in [1.807, 2.05) is 0 Å². The lowest BCUT2D eigenvalue weighted by Crippen LogP contribution is -2.41. The van der Waals surface area contributed by atoms with E-state index in [9.17, 15) is 18.8 Å². The van der Waals surface area contributed by atoms with E-state index in [1.54, 1.807) is 19.9 Å². The molecule has 0 aromatic heterocycles. The van der Waals surface area contributed by atoms with Crippen LogP contribution in [0.3, 0.4) is 0 Å². The second-order valence-corrected chi connectivity index (χ2v) is 4.97. The summed E-state index contributed by atoms with van der Waals surface area (Å²) in [5.74, 6) is -1.99. The number of carbonyl (C=O) groups is 3. The topological polar surface area (TPSA) is 84.5 Å². The first kappa shape index (κ1) is 17.6. The Morgan fingerprint density at radius 1 is 1.23 bits per heavy atom. The molecule has 0 aliphatic rings. The fourth-order valence-corrected chi connectivity index (χ4v) is 1.61. The Morgan fingerprint density at radius 2 is 1.95 bits per heavy atom. The van der Waals surface area contributed by atoms with Crippen molar-refractivity contribution in [3.8, 4) is 0 Å². The van der Waals surface area contributed by atoms with Gasteiger partial charge < -0.3 is 15.4 Å². The monoisotopic (exact) mass is 310 g/mol. The standard InChI is InChI=1S/C15H19FN2O4/c1-10(2)18-13(19)8-17-14(20)9-22-15(21)7-11-4-3-5-12(16)6-11/h3-6,10H,7-9H2,1-2H3,(H,17,20)(H,18,19). The van der Waals surface area contributed by atoms with Gasteiger partial charge in [0.2, 0.25) is 5.91 Å². The van der Waals surface area contributed by atoms with Crippen molar-refractivity contribution in [1.82, 2.24) is 10.6 Å². The highest BCUT2D eigenvalue weighted by molar-refractivity contribution is 5.86. The molecule has 1 rings (SSSR count). The van der Waals surface area contributed by atoms with Crippen LogP contribution in [0.4, 0.5) is 4.39 Å². The van der Waals surface area contributed by atoms with Crippen LogP contribution in [0.15, 0.2) is 24.3 Å². The zero-order valence-electron chi connectivity index (χ0n) is 12.5. The smallest absolute Gasteiger partial charge is 0.310 e. The van der Waals surface area contributed by atoms with Crippen LogP contribution in [0.25, 0.3) is 0 Å². The molecule has 0 bridgehead atoms. The molecule has 0 aliphatic heterocycles. The minimum absolute atomic E-state index is 0.0199. The van der Waals surface area contributed by atoms with Crippen LogP contribution < -0.4 is 10.6 Å². The zero-order valence-corrected chi connectivity index (χ0v) is 12.5. The van der Waals surface area contributed by atoms with E-state index in [-0.39, 0.29) is 24.9 Å². The molecule has 2 N–H and O–H groups in total. The molecule has 22 heavy (non-hydrogen) atoms. The Hall–Kier alpha value is -2.44. The van der Waals surface area contributed by atoms with E-state index < -0.39 is 24.3 Å². The van der Waals surface area contributed by atoms with Crippen molar-refractivity contribution in [2.45, 2.75) is 26.3 Å². The summed E-state index contributed by atoms with van der Waals surface area (Å²) < 4.78 is 17.7. The predicted molar refractivity (Wildman–Crippen MR) is 77.4 cm³/mol. The summed E-state index contributed by atoms with van der Waals surface area (Å²) in [6.07, 6.45) is -0.126. The summed E-state index contributed by atoms with van der Waals surface area (Å²) in [6, 6.07) is 5.54. The van der Waals surface area contributed by atoms with Gasteiger partial charge in [0, 0.05) is 6.04 Å². The van der Waals surface area contributed by atoms with Crippen LogP contribution in [0, 0.1) is 5.82 Å². The van der Waals surface area contributed by atoms with E-state index in [0.29, 0.717) is 5.56 Å². The van der Waals surface area contributed by atoms with Gasteiger partial charge in [-0.05, 0) is 31.5 Å². The Kier molecular flexibility index (Phi) is 7.01. The molecule has 120 valence electrons. The number of hydrogen-bond acceptors (Lipinski definition) is 4. The number of amides is 2. The first-order valence-corrected chi connectivity index (χ1v) is 6.83. The van der Waals surface area contributed by atoms with Gasteiger partial charge in [0.1, 0.15) is 5.82 Å². The van der Waals surface area contributed by atoms with Gasteiger partial charge in [-0.1, -0.05) is 12.1 Å². The van der Waals surface area contributed by atoms with Crippen LogP contribution >= 0.6 is 0 Å². The average molecular weight is 310 g/mol. The van der Waals surface area contributed by atoms with Crippen LogP contribution in [-0.4, -0.2) is 37.0 Å². The maximum absolute atomic E-state index is 12.9. The molecule has 0 saturated heterocycles. The summed E-state index contributed by atoms with van der Waals surface area (Å²) in [7, 11) is 0. The van der Waals surface area contributed by atoms with Crippen LogP contribution in [-0.2, 0) is 25.5 Å². The van der Waals surface area contributed by atoms with Crippen molar-refractivity contribution >= 4 is 17.8 Å². The molecule has 0 saturated carbocycles. The molecular weight excluding hydrogens is 291 g/mol. The first-order chi connectivity index (χ1) is 10.4. The molecule has 0 heterocycles. The fourth-order valence-electron chi connectivity index (χ4n) is 1.61. The summed E-state index contributed by atoms with van der Waals surface area (Å²) in [5, 5.41) is 4.93. The number of esters is 1. The Morgan fingerprint density at radius 3 is 2.59 bits per heavy atom. The van der Waals surface area contributed by atoms with Crippen molar-refractivity contribution in [3.05, 3.63) is 35.6 Å². The number of benzene rings is 1. The van der Waals surface area contributed by atoms with Crippen molar-refractivity contribution in [1.29, 1.82) is 0 Å². The second kappa shape index (κ2) is 8.76. The van der Waals surface area contributed by atoms with E-state index in [1.165, 1.54) is 18.2 Å². The van der Waals surface area contributed by atoms with Crippen molar-refractivity contribution in [2.75, 3.05) is 13.2 Å².